The summed E-state index contributed by atoms with van der Waals surface area (Å²) in [5.74, 6) is 8.14. The lowest BCUT2D eigenvalue weighted by Crippen LogP contribution is -2.57. The van der Waals surface area contributed by atoms with Crippen LogP contribution in [0.5, 0.6) is 23.5 Å². The van der Waals surface area contributed by atoms with Crippen LogP contribution in [0.15, 0.2) is 73.1 Å². The molecular weight excluding hydrogens is 1190 g/mol. The Kier molecular flexibility index (Phi) is 16.6. The molecule has 0 radical (unpaired) electrons. The fourth-order valence-electron chi connectivity index (χ4n) is 17.1. The summed E-state index contributed by atoms with van der Waals surface area (Å²) in [5, 5.41) is 4.24. The Bertz CT molecular complexity index is 4330. The topological polar surface area (TPSA) is 157 Å². The van der Waals surface area contributed by atoms with Crippen LogP contribution in [-0.2, 0) is 4.74 Å². The Balaban J connectivity index is 0.000000162. The molecule has 488 valence electrons. The third-order valence-corrected chi connectivity index (χ3v) is 21.3. The molecule has 16 rings (SSSR count). The van der Waals surface area contributed by atoms with Gasteiger partial charge in [-0.1, -0.05) is 43.5 Å². The number of benzene rings is 4. The second-order valence-electron chi connectivity index (χ2n) is 28.0. The number of piperidine rings is 1. The second kappa shape index (κ2) is 24.9. The number of pyridine rings is 2. The average molecular weight is 1270 g/mol. The number of anilines is 2. The third kappa shape index (κ3) is 11.2. The van der Waals surface area contributed by atoms with Gasteiger partial charge in [-0.3, -0.25) is 24.7 Å². The first kappa shape index (κ1) is 62.8. The predicted molar refractivity (Wildman–Crippen MR) is 363 cm³/mol. The van der Waals surface area contributed by atoms with Gasteiger partial charge in [0.15, 0.2) is 11.6 Å². The van der Waals surface area contributed by atoms with E-state index in [0.717, 1.165) is 113 Å². The second-order valence-corrected chi connectivity index (χ2v) is 28.0. The van der Waals surface area contributed by atoms with Crippen molar-refractivity contribution in [2.45, 2.75) is 140 Å². The van der Waals surface area contributed by atoms with Crippen LogP contribution in [0.2, 0.25) is 0 Å². The van der Waals surface area contributed by atoms with Crippen LogP contribution in [0.3, 0.4) is 0 Å². The van der Waals surface area contributed by atoms with Gasteiger partial charge in [0.1, 0.15) is 64.4 Å². The fourth-order valence-corrected chi connectivity index (χ4v) is 17.1. The number of hydrogen-bond donors (Lipinski definition) is 0. The van der Waals surface area contributed by atoms with E-state index >= 15 is 8.78 Å². The van der Waals surface area contributed by atoms with Crippen LogP contribution >= 0.6 is 0 Å². The normalized spacial score (nSPS) is 21.8. The maximum absolute atomic E-state index is 17.1. The molecule has 19 heteroatoms. The summed E-state index contributed by atoms with van der Waals surface area (Å²) in [5.41, 5.74) is 2.45. The molecule has 4 atom stereocenters. The van der Waals surface area contributed by atoms with Gasteiger partial charge in [-0.05, 0) is 189 Å². The molecule has 4 bridgehead atoms. The van der Waals surface area contributed by atoms with Gasteiger partial charge in [-0.2, -0.15) is 19.9 Å². The van der Waals surface area contributed by atoms with Crippen molar-refractivity contribution < 1.29 is 37.3 Å². The minimum absolute atomic E-state index is 0. The first-order valence-corrected chi connectivity index (χ1v) is 33.3. The summed E-state index contributed by atoms with van der Waals surface area (Å²) >= 11 is 0. The van der Waals surface area contributed by atoms with Crippen molar-refractivity contribution in [2.75, 3.05) is 89.6 Å². The Labute approximate surface area is 548 Å². The number of amides is 1. The summed E-state index contributed by atoms with van der Waals surface area (Å²) in [4.78, 5) is 53.5. The van der Waals surface area contributed by atoms with Crippen molar-refractivity contribution >= 4 is 61.1 Å². The molecule has 0 N–H and O–H groups in total. The third-order valence-electron chi connectivity index (χ3n) is 21.3. The number of methoxy groups -OCH3 is 2. The van der Waals surface area contributed by atoms with Crippen LogP contribution in [0, 0.1) is 48.2 Å². The van der Waals surface area contributed by atoms with E-state index in [1.807, 2.05) is 74.2 Å². The van der Waals surface area contributed by atoms with Crippen LogP contribution in [0.4, 0.5) is 25.2 Å². The molecular formula is C75H83F2N11O6. The monoisotopic (exact) mass is 1270 g/mol. The first-order valence-electron chi connectivity index (χ1n) is 33.3. The molecule has 1 amide bonds. The van der Waals surface area contributed by atoms with Crippen molar-refractivity contribution in [3.8, 4) is 70.7 Å². The number of halogens is 2. The number of fused-ring (bicyclic) bond motifs is 10. The summed E-state index contributed by atoms with van der Waals surface area (Å²) < 4.78 is 63.8. The number of piperazine rings is 1. The number of carbonyl (C=O) groups excluding carboxylic acids is 1. The zero-order valence-corrected chi connectivity index (χ0v) is 53.8. The molecule has 4 aromatic carbocycles. The van der Waals surface area contributed by atoms with E-state index in [9.17, 15) is 4.79 Å². The number of terminal acetylenes is 2. The maximum atomic E-state index is 17.1. The van der Waals surface area contributed by atoms with Crippen LogP contribution < -0.4 is 28.7 Å². The molecule has 8 aliphatic rings. The van der Waals surface area contributed by atoms with Gasteiger partial charge in [0.05, 0.1) is 48.2 Å². The number of nitrogens with zero attached hydrogens (tertiary/aromatic N) is 11. The summed E-state index contributed by atoms with van der Waals surface area (Å²) in [6.07, 6.45) is 29.3. The minimum Gasteiger partial charge on any atom is -0.497 e. The highest BCUT2D eigenvalue weighted by molar-refractivity contribution is 6.04. The number of carbonyl (C=O) groups is 1. The zero-order chi connectivity index (χ0) is 63.9. The van der Waals surface area contributed by atoms with Gasteiger partial charge in [-0.25, -0.2) is 13.6 Å². The molecule has 7 aliphatic heterocycles. The molecule has 8 fully saturated rings. The Morgan fingerprint density at radius 3 is 1.47 bits per heavy atom. The lowest BCUT2D eigenvalue weighted by Gasteiger charge is -2.42. The van der Waals surface area contributed by atoms with Crippen molar-refractivity contribution in [1.82, 2.24) is 44.6 Å². The number of ether oxygens (including phenoxy) is 5. The Morgan fingerprint density at radius 1 is 0.617 bits per heavy atom. The van der Waals surface area contributed by atoms with Gasteiger partial charge in [-0.15, -0.1) is 12.8 Å². The van der Waals surface area contributed by atoms with E-state index in [2.05, 4.69) is 31.4 Å². The molecule has 1 aliphatic carbocycles. The minimum atomic E-state index is -0.591. The van der Waals surface area contributed by atoms with E-state index in [1.54, 1.807) is 38.7 Å². The Morgan fingerprint density at radius 2 is 1.05 bits per heavy atom. The van der Waals surface area contributed by atoms with Crippen LogP contribution in [0.1, 0.15) is 123 Å². The van der Waals surface area contributed by atoms with Crippen molar-refractivity contribution in [3.63, 3.8) is 0 Å². The van der Waals surface area contributed by atoms with E-state index < -0.39 is 17.2 Å². The van der Waals surface area contributed by atoms with Gasteiger partial charge in [0, 0.05) is 71.6 Å². The van der Waals surface area contributed by atoms with Gasteiger partial charge >= 0.3 is 18.1 Å². The van der Waals surface area contributed by atoms with Crippen molar-refractivity contribution in [2.24, 2.45) is 11.8 Å². The summed E-state index contributed by atoms with van der Waals surface area (Å²) in [7, 11) is 3.18. The number of aromatic nitrogens is 6. The molecule has 0 spiro atoms. The highest BCUT2D eigenvalue weighted by Gasteiger charge is 2.48. The SMILES string of the molecule is C.C#Cc1cccc2cc(OC)cc(-c3ncc4c(N5CC6CCC(C5)N6C(=O)OC(C)(C)C)nc(OCC56CCCN5CCC6)nc4c3F)c12.C#Cc1cccc2cc(OC)cc(-c3ncc4c(N5CC6CCC(C6)C5)nc(OCC56CCCN5CCC6)nc4c3F)c12. The van der Waals surface area contributed by atoms with Crippen molar-refractivity contribution in [1.29, 1.82) is 0 Å². The van der Waals surface area contributed by atoms with Crippen LogP contribution in [0.25, 0.3) is 65.9 Å². The van der Waals surface area contributed by atoms with E-state index in [4.69, 9.17) is 66.4 Å². The van der Waals surface area contributed by atoms with Crippen LogP contribution in [-0.4, -0.2) is 159 Å². The highest BCUT2D eigenvalue weighted by Crippen LogP contribution is 2.46. The van der Waals surface area contributed by atoms with Crippen molar-refractivity contribution in [3.05, 3.63) is 95.8 Å². The van der Waals surface area contributed by atoms with Gasteiger partial charge in [0.25, 0.3) is 0 Å². The maximum Gasteiger partial charge on any atom is 0.410 e. The lowest BCUT2D eigenvalue weighted by atomic mass is 9.95. The summed E-state index contributed by atoms with van der Waals surface area (Å²) in [6, 6.07) is 18.9. The zero-order valence-electron chi connectivity index (χ0n) is 53.8. The summed E-state index contributed by atoms with van der Waals surface area (Å²) in [6.45, 7) is 13.8. The molecule has 1 saturated carbocycles. The van der Waals surface area contributed by atoms with E-state index in [0.29, 0.717) is 93.9 Å². The van der Waals surface area contributed by atoms with E-state index in [-0.39, 0.29) is 71.1 Å². The van der Waals surface area contributed by atoms with E-state index in [1.165, 1.54) is 32.1 Å². The molecule has 4 aromatic heterocycles. The average Bonchev–Trinajstić information content (AvgIpc) is 0.924. The molecule has 8 aromatic rings. The largest absolute Gasteiger partial charge is 0.497 e. The molecule has 7 saturated heterocycles. The van der Waals surface area contributed by atoms with Gasteiger partial charge in [0.2, 0.25) is 0 Å². The Hall–Kier alpha value is -8.65. The molecule has 94 heavy (non-hydrogen) atoms. The number of rotatable bonds is 12. The van der Waals surface area contributed by atoms with Gasteiger partial charge < -0.3 is 33.5 Å². The predicted octanol–water partition coefficient (Wildman–Crippen LogP) is 13.4. The highest BCUT2D eigenvalue weighted by atomic mass is 19.1. The smallest absolute Gasteiger partial charge is 0.410 e. The molecule has 4 unspecified atom stereocenters. The number of hydrogen-bond acceptors (Lipinski definition) is 16. The molecule has 11 heterocycles. The first-order chi connectivity index (χ1) is 45.1. The lowest BCUT2D eigenvalue weighted by molar-refractivity contribution is 0.0122. The molecule has 17 nitrogen and oxygen atoms in total. The standard InChI is InChI=1S/C39H43FN6O4.C35H36FN5O2.CH4/c1-6-24-10-7-11-25-18-28(48-5)19-29(31(24)25)33-32(40)34-30(20-41-33)35(43-36(42-34)49-23-39-14-8-16-45(39)17-9-15-39)44-21-26-12-13-27(22-44)46(26)37(47)50-38(2,3)4;1-3-24-7-4-8-25-16-26(42-2)17-27(29(24)25)31-30(36)32-28(18-37-31)33(40-19-22-9-10-23(15-22)20-40)39-34(38-32)43-21-35-11-5-13-41(35)14-6-12-35;/h1,7,10-11,18-20,26-27H,8-9,12-17,21-23H2,2-5H3;1,4,7-8,16-18,22-23H,5-6,9-15,19-21H2,2H3;1H4. The fraction of sp³-hybridized carbons (Fsp3) is 0.480. The quantitative estimate of drug-likeness (QED) is 0.106.